The lowest BCUT2D eigenvalue weighted by Gasteiger charge is -2.17. The third kappa shape index (κ3) is 1.92. The Labute approximate surface area is 85.4 Å². The molecule has 0 aromatic heterocycles. The van der Waals surface area contributed by atoms with Gasteiger partial charge in [-0.25, -0.2) is 0 Å². The summed E-state index contributed by atoms with van der Waals surface area (Å²) in [6.45, 7) is 2.85. The first-order chi connectivity index (χ1) is 6.72. The fraction of sp³-hybridized carbons (Fsp3) is 0.909. The molecule has 0 aromatic carbocycles. The van der Waals surface area contributed by atoms with Crippen LogP contribution in [0.2, 0.25) is 0 Å². The molecular weight excluding hydrogens is 176 g/mol. The lowest BCUT2D eigenvalue weighted by molar-refractivity contribution is -0.126. The van der Waals surface area contributed by atoms with E-state index in [1.165, 1.54) is 6.42 Å². The number of rotatable bonds is 3. The fourth-order valence-electron chi connectivity index (χ4n) is 2.48. The number of carbonyl (C=O) groups is 1. The van der Waals surface area contributed by atoms with Crippen molar-refractivity contribution in [2.24, 2.45) is 23.5 Å². The van der Waals surface area contributed by atoms with Crippen LogP contribution in [0, 0.1) is 17.8 Å². The Morgan fingerprint density at radius 3 is 2.79 bits per heavy atom. The van der Waals surface area contributed by atoms with Crippen LogP contribution in [-0.2, 0) is 4.79 Å². The first kappa shape index (κ1) is 9.97. The van der Waals surface area contributed by atoms with Crippen LogP contribution >= 0.6 is 0 Å². The normalized spacial score (nSPS) is 41.0. The highest BCUT2D eigenvalue weighted by atomic mass is 16.2. The highest BCUT2D eigenvalue weighted by molar-refractivity contribution is 5.80. The number of hydrogen-bond acceptors (Lipinski definition) is 2. The van der Waals surface area contributed by atoms with Gasteiger partial charge in [0.05, 0.1) is 0 Å². The third-order valence-electron chi connectivity index (χ3n) is 3.74. The SMILES string of the molecule is CC1CC1NC(=O)[C@@H]1CCC[C@@H]1CN. The van der Waals surface area contributed by atoms with Crippen molar-refractivity contribution in [3.8, 4) is 0 Å². The largest absolute Gasteiger partial charge is 0.353 e. The summed E-state index contributed by atoms with van der Waals surface area (Å²) in [5, 5.41) is 3.12. The molecule has 3 N–H and O–H groups in total. The van der Waals surface area contributed by atoms with Crippen molar-refractivity contribution in [1.82, 2.24) is 5.32 Å². The average Bonchev–Trinajstić information content (AvgIpc) is 2.72. The fourth-order valence-corrected chi connectivity index (χ4v) is 2.48. The van der Waals surface area contributed by atoms with Gasteiger partial charge >= 0.3 is 0 Å². The van der Waals surface area contributed by atoms with E-state index in [9.17, 15) is 4.79 Å². The van der Waals surface area contributed by atoms with E-state index in [1.807, 2.05) is 0 Å². The molecule has 0 heterocycles. The summed E-state index contributed by atoms with van der Waals surface area (Å²) in [5.41, 5.74) is 5.66. The van der Waals surface area contributed by atoms with Crippen molar-refractivity contribution in [3.05, 3.63) is 0 Å². The molecule has 0 spiro atoms. The molecule has 0 radical (unpaired) electrons. The Morgan fingerprint density at radius 2 is 2.21 bits per heavy atom. The van der Waals surface area contributed by atoms with Crippen LogP contribution in [0.15, 0.2) is 0 Å². The summed E-state index contributed by atoms with van der Waals surface area (Å²) in [6, 6.07) is 0.460. The Kier molecular flexibility index (Phi) is 2.77. The van der Waals surface area contributed by atoms with E-state index in [4.69, 9.17) is 5.73 Å². The summed E-state index contributed by atoms with van der Waals surface area (Å²) in [4.78, 5) is 11.8. The van der Waals surface area contributed by atoms with Gasteiger partial charge in [0, 0.05) is 12.0 Å². The Bertz CT molecular complexity index is 229. The quantitative estimate of drug-likeness (QED) is 0.704. The number of amides is 1. The molecule has 0 aliphatic heterocycles. The van der Waals surface area contributed by atoms with Gasteiger partial charge in [0.1, 0.15) is 0 Å². The summed E-state index contributed by atoms with van der Waals surface area (Å²) in [6.07, 6.45) is 4.50. The molecule has 0 aromatic rings. The molecule has 80 valence electrons. The van der Waals surface area contributed by atoms with Gasteiger partial charge in [0.2, 0.25) is 5.91 Å². The molecule has 4 atom stereocenters. The van der Waals surface area contributed by atoms with Crippen molar-refractivity contribution < 1.29 is 4.79 Å². The van der Waals surface area contributed by atoms with Crippen LogP contribution in [0.5, 0.6) is 0 Å². The lowest BCUT2D eigenvalue weighted by Crippen LogP contribution is -2.36. The molecule has 2 aliphatic rings. The first-order valence-electron chi connectivity index (χ1n) is 5.72. The zero-order valence-electron chi connectivity index (χ0n) is 8.83. The smallest absolute Gasteiger partial charge is 0.223 e. The van der Waals surface area contributed by atoms with E-state index in [-0.39, 0.29) is 11.8 Å². The molecule has 2 fully saturated rings. The number of nitrogens with two attached hydrogens (primary N) is 1. The second-order valence-electron chi connectivity index (χ2n) is 4.86. The van der Waals surface area contributed by atoms with Gasteiger partial charge in [0.25, 0.3) is 0 Å². The van der Waals surface area contributed by atoms with Crippen LogP contribution in [-0.4, -0.2) is 18.5 Å². The Hall–Kier alpha value is -0.570. The number of carbonyl (C=O) groups excluding carboxylic acids is 1. The molecule has 0 bridgehead atoms. The van der Waals surface area contributed by atoms with E-state index >= 15 is 0 Å². The van der Waals surface area contributed by atoms with Crippen LogP contribution < -0.4 is 11.1 Å². The highest BCUT2D eigenvalue weighted by Gasteiger charge is 2.38. The summed E-state index contributed by atoms with van der Waals surface area (Å²) >= 11 is 0. The van der Waals surface area contributed by atoms with Gasteiger partial charge < -0.3 is 11.1 Å². The van der Waals surface area contributed by atoms with Crippen LogP contribution in [0.4, 0.5) is 0 Å². The van der Waals surface area contributed by atoms with E-state index in [0.717, 1.165) is 19.3 Å². The highest BCUT2D eigenvalue weighted by Crippen LogP contribution is 2.34. The topological polar surface area (TPSA) is 55.1 Å². The lowest BCUT2D eigenvalue weighted by atomic mass is 9.95. The van der Waals surface area contributed by atoms with Crippen LogP contribution in [0.25, 0.3) is 0 Å². The maximum Gasteiger partial charge on any atom is 0.223 e. The zero-order chi connectivity index (χ0) is 10.1. The minimum atomic E-state index is 0.202. The first-order valence-corrected chi connectivity index (χ1v) is 5.72. The molecule has 0 saturated heterocycles. The van der Waals surface area contributed by atoms with Gasteiger partial charge in [-0.15, -0.1) is 0 Å². The zero-order valence-corrected chi connectivity index (χ0v) is 8.83. The van der Waals surface area contributed by atoms with Gasteiger partial charge in [-0.1, -0.05) is 13.3 Å². The number of hydrogen-bond donors (Lipinski definition) is 2. The molecule has 3 nitrogen and oxygen atoms in total. The van der Waals surface area contributed by atoms with E-state index in [0.29, 0.717) is 24.4 Å². The van der Waals surface area contributed by atoms with Crippen LogP contribution in [0.3, 0.4) is 0 Å². The van der Waals surface area contributed by atoms with Gasteiger partial charge in [0.15, 0.2) is 0 Å². The van der Waals surface area contributed by atoms with Gasteiger partial charge in [-0.3, -0.25) is 4.79 Å². The molecule has 2 saturated carbocycles. The van der Waals surface area contributed by atoms with Crippen molar-refractivity contribution in [3.63, 3.8) is 0 Å². The predicted octanol–water partition coefficient (Wildman–Crippen LogP) is 0.886. The summed E-state index contributed by atoms with van der Waals surface area (Å²) in [7, 11) is 0. The minimum absolute atomic E-state index is 0.202. The molecule has 14 heavy (non-hydrogen) atoms. The molecule has 1 amide bonds. The van der Waals surface area contributed by atoms with E-state index in [2.05, 4.69) is 12.2 Å². The van der Waals surface area contributed by atoms with Crippen molar-refractivity contribution in [2.75, 3.05) is 6.54 Å². The van der Waals surface area contributed by atoms with Crippen molar-refractivity contribution >= 4 is 5.91 Å². The maximum absolute atomic E-state index is 11.8. The van der Waals surface area contributed by atoms with E-state index in [1.54, 1.807) is 0 Å². The number of nitrogens with one attached hydrogen (secondary N) is 1. The summed E-state index contributed by atoms with van der Waals surface area (Å²) < 4.78 is 0. The average molecular weight is 196 g/mol. The van der Waals surface area contributed by atoms with E-state index < -0.39 is 0 Å². The molecule has 3 heteroatoms. The third-order valence-corrected chi connectivity index (χ3v) is 3.74. The molecule has 2 unspecified atom stereocenters. The minimum Gasteiger partial charge on any atom is -0.353 e. The molecule has 2 rings (SSSR count). The predicted molar refractivity (Wildman–Crippen MR) is 55.6 cm³/mol. The molecule has 2 aliphatic carbocycles. The van der Waals surface area contributed by atoms with Crippen molar-refractivity contribution in [1.29, 1.82) is 0 Å². The van der Waals surface area contributed by atoms with Gasteiger partial charge in [-0.2, -0.15) is 0 Å². The second kappa shape index (κ2) is 3.89. The molecular formula is C11H20N2O. The summed E-state index contributed by atoms with van der Waals surface area (Å²) in [5.74, 6) is 1.58. The van der Waals surface area contributed by atoms with Crippen LogP contribution in [0.1, 0.15) is 32.6 Å². The maximum atomic E-state index is 11.8. The van der Waals surface area contributed by atoms with Gasteiger partial charge in [-0.05, 0) is 37.6 Å². The standard InChI is InChI=1S/C11H20N2O/c1-7-5-10(7)13-11(14)9-4-2-3-8(9)6-12/h7-10H,2-6,12H2,1H3,(H,13,14)/t7?,8-,9-,10?/m1/s1. The Morgan fingerprint density at radius 1 is 1.50 bits per heavy atom. The second-order valence-corrected chi connectivity index (χ2v) is 4.86. The van der Waals surface area contributed by atoms with Crippen molar-refractivity contribution in [2.45, 2.75) is 38.6 Å². The monoisotopic (exact) mass is 196 g/mol. The Balaban J connectivity index is 1.84.